The molecule has 0 radical (unpaired) electrons. The molecular formula is C13H12N2. The van der Waals surface area contributed by atoms with Gasteiger partial charge in [-0.2, -0.15) is 0 Å². The van der Waals surface area contributed by atoms with Crippen molar-refractivity contribution in [2.24, 2.45) is 0 Å². The zero-order valence-electron chi connectivity index (χ0n) is 8.59. The number of aromatic nitrogens is 2. The molecule has 74 valence electrons. The molecule has 2 nitrogen and oxygen atoms in total. The van der Waals surface area contributed by atoms with Crippen LogP contribution in [0.3, 0.4) is 0 Å². The summed E-state index contributed by atoms with van der Waals surface area (Å²) in [5.74, 6) is 0.767. The summed E-state index contributed by atoms with van der Waals surface area (Å²) in [4.78, 5) is 8.43. The molecule has 2 heteroatoms. The Balaban J connectivity index is 2.41. The SMILES string of the molecule is C/C=C/c1cccc(-c2ncccn2)c1. The van der Waals surface area contributed by atoms with Crippen LogP contribution < -0.4 is 0 Å². The molecular weight excluding hydrogens is 184 g/mol. The van der Waals surface area contributed by atoms with Gasteiger partial charge in [0, 0.05) is 18.0 Å². The Morgan fingerprint density at radius 2 is 1.87 bits per heavy atom. The number of benzene rings is 1. The zero-order valence-corrected chi connectivity index (χ0v) is 8.59. The number of nitrogens with zero attached hydrogens (tertiary/aromatic N) is 2. The van der Waals surface area contributed by atoms with E-state index in [-0.39, 0.29) is 0 Å². The van der Waals surface area contributed by atoms with Crippen molar-refractivity contribution in [1.82, 2.24) is 9.97 Å². The van der Waals surface area contributed by atoms with Crippen LogP contribution in [0.25, 0.3) is 17.5 Å². The van der Waals surface area contributed by atoms with Crippen LogP contribution in [0, 0.1) is 0 Å². The maximum atomic E-state index is 4.22. The molecule has 0 N–H and O–H groups in total. The van der Waals surface area contributed by atoms with Gasteiger partial charge in [-0.15, -0.1) is 0 Å². The number of hydrogen-bond acceptors (Lipinski definition) is 2. The van der Waals surface area contributed by atoms with Gasteiger partial charge in [-0.1, -0.05) is 30.4 Å². The lowest BCUT2D eigenvalue weighted by Gasteiger charge is -2.00. The normalized spacial score (nSPS) is 10.7. The maximum absolute atomic E-state index is 4.22. The van der Waals surface area contributed by atoms with E-state index in [1.807, 2.05) is 31.2 Å². The molecule has 15 heavy (non-hydrogen) atoms. The van der Waals surface area contributed by atoms with Crippen LogP contribution in [0.1, 0.15) is 12.5 Å². The van der Waals surface area contributed by atoms with Gasteiger partial charge >= 0.3 is 0 Å². The maximum Gasteiger partial charge on any atom is 0.159 e. The first-order valence-electron chi connectivity index (χ1n) is 4.90. The highest BCUT2D eigenvalue weighted by molar-refractivity contribution is 5.61. The van der Waals surface area contributed by atoms with Crippen LogP contribution in [0.5, 0.6) is 0 Å². The molecule has 2 aromatic rings. The Labute approximate surface area is 89.3 Å². The summed E-state index contributed by atoms with van der Waals surface area (Å²) in [5.41, 5.74) is 2.22. The van der Waals surface area contributed by atoms with E-state index in [4.69, 9.17) is 0 Å². The molecule has 0 aliphatic carbocycles. The van der Waals surface area contributed by atoms with E-state index in [1.54, 1.807) is 12.4 Å². The molecule has 0 spiro atoms. The van der Waals surface area contributed by atoms with Crippen molar-refractivity contribution in [1.29, 1.82) is 0 Å². The van der Waals surface area contributed by atoms with Crippen LogP contribution >= 0.6 is 0 Å². The van der Waals surface area contributed by atoms with Gasteiger partial charge in [-0.25, -0.2) is 9.97 Å². The average Bonchev–Trinajstić information content (AvgIpc) is 2.31. The molecule has 0 fully saturated rings. The van der Waals surface area contributed by atoms with Gasteiger partial charge in [0.25, 0.3) is 0 Å². The number of rotatable bonds is 2. The highest BCUT2D eigenvalue weighted by atomic mass is 14.8. The summed E-state index contributed by atoms with van der Waals surface area (Å²) < 4.78 is 0. The van der Waals surface area contributed by atoms with Crippen LogP contribution in [0.4, 0.5) is 0 Å². The fraction of sp³-hybridized carbons (Fsp3) is 0.0769. The third-order valence-corrected chi connectivity index (χ3v) is 2.07. The summed E-state index contributed by atoms with van der Waals surface area (Å²) in [5, 5.41) is 0. The van der Waals surface area contributed by atoms with Gasteiger partial charge in [-0.3, -0.25) is 0 Å². The summed E-state index contributed by atoms with van der Waals surface area (Å²) in [6.45, 7) is 2.01. The van der Waals surface area contributed by atoms with E-state index in [0.29, 0.717) is 0 Å². The van der Waals surface area contributed by atoms with Gasteiger partial charge in [0.15, 0.2) is 5.82 Å². The average molecular weight is 196 g/mol. The lowest BCUT2D eigenvalue weighted by Crippen LogP contribution is -1.86. The molecule has 1 heterocycles. The van der Waals surface area contributed by atoms with Crippen LogP contribution in [-0.2, 0) is 0 Å². The number of hydrogen-bond donors (Lipinski definition) is 0. The van der Waals surface area contributed by atoms with Gasteiger partial charge in [0.05, 0.1) is 0 Å². The van der Waals surface area contributed by atoms with Crippen molar-refractivity contribution in [2.45, 2.75) is 6.92 Å². The summed E-state index contributed by atoms with van der Waals surface area (Å²) in [7, 11) is 0. The third kappa shape index (κ3) is 2.29. The first-order chi connectivity index (χ1) is 7.40. The Bertz CT molecular complexity index is 461. The molecule has 0 saturated heterocycles. The van der Waals surface area contributed by atoms with Crippen molar-refractivity contribution in [3.63, 3.8) is 0 Å². The molecule has 0 aliphatic heterocycles. The monoisotopic (exact) mass is 196 g/mol. The second-order valence-electron chi connectivity index (χ2n) is 3.20. The second kappa shape index (κ2) is 4.51. The van der Waals surface area contributed by atoms with Gasteiger partial charge in [-0.05, 0) is 24.6 Å². The molecule has 0 unspecified atom stereocenters. The van der Waals surface area contributed by atoms with E-state index in [0.717, 1.165) is 11.4 Å². The number of allylic oxidation sites excluding steroid dienone is 1. The van der Waals surface area contributed by atoms with E-state index in [9.17, 15) is 0 Å². The van der Waals surface area contributed by atoms with Crippen molar-refractivity contribution in [3.05, 3.63) is 54.4 Å². The Morgan fingerprint density at radius 3 is 2.60 bits per heavy atom. The summed E-state index contributed by atoms with van der Waals surface area (Å²) in [6.07, 6.45) is 7.59. The summed E-state index contributed by atoms with van der Waals surface area (Å²) in [6, 6.07) is 9.99. The van der Waals surface area contributed by atoms with Crippen molar-refractivity contribution in [3.8, 4) is 11.4 Å². The minimum absolute atomic E-state index is 0.767. The van der Waals surface area contributed by atoms with Crippen LogP contribution in [0.15, 0.2) is 48.8 Å². The van der Waals surface area contributed by atoms with E-state index in [2.05, 4.69) is 28.2 Å². The minimum atomic E-state index is 0.767. The highest BCUT2D eigenvalue weighted by Gasteiger charge is 1.98. The second-order valence-corrected chi connectivity index (χ2v) is 3.20. The van der Waals surface area contributed by atoms with Crippen LogP contribution in [0.2, 0.25) is 0 Å². The quantitative estimate of drug-likeness (QED) is 0.737. The fourth-order valence-corrected chi connectivity index (χ4v) is 1.42. The predicted octanol–water partition coefficient (Wildman–Crippen LogP) is 3.18. The minimum Gasteiger partial charge on any atom is -0.237 e. The first-order valence-corrected chi connectivity index (χ1v) is 4.90. The topological polar surface area (TPSA) is 25.8 Å². The molecule has 0 saturated carbocycles. The molecule has 0 aliphatic rings. The lowest BCUT2D eigenvalue weighted by molar-refractivity contribution is 1.18. The molecule has 1 aromatic carbocycles. The zero-order chi connectivity index (χ0) is 10.5. The van der Waals surface area contributed by atoms with Gasteiger partial charge in [0.2, 0.25) is 0 Å². The van der Waals surface area contributed by atoms with Gasteiger partial charge < -0.3 is 0 Å². The Hall–Kier alpha value is -1.96. The Kier molecular flexibility index (Phi) is 2.88. The molecule has 1 aromatic heterocycles. The predicted molar refractivity (Wildman–Crippen MR) is 62.2 cm³/mol. The lowest BCUT2D eigenvalue weighted by atomic mass is 10.1. The van der Waals surface area contributed by atoms with E-state index in [1.165, 1.54) is 5.56 Å². The van der Waals surface area contributed by atoms with Crippen LogP contribution in [-0.4, -0.2) is 9.97 Å². The summed E-state index contributed by atoms with van der Waals surface area (Å²) >= 11 is 0. The molecule has 0 amide bonds. The highest BCUT2D eigenvalue weighted by Crippen LogP contribution is 2.16. The molecule has 0 bridgehead atoms. The fourth-order valence-electron chi connectivity index (χ4n) is 1.42. The van der Waals surface area contributed by atoms with E-state index < -0.39 is 0 Å². The largest absolute Gasteiger partial charge is 0.237 e. The van der Waals surface area contributed by atoms with Gasteiger partial charge in [0.1, 0.15) is 0 Å². The van der Waals surface area contributed by atoms with Crippen molar-refractivity contribution >= 4 is 6.08 Å². The molecule has 0 atom stereocenters. The van der Waals surface area contributed by atoms with Crippen molar-refractivity contribution < 1.29 is 0 Å². The van der Waals surface area contributed by atoms with E-state index >= 15 is 0 Å². The first kappa shape index (κ1) is 9.59. The molecule has 2 rings (SSSR count). The van der Waals surface area contributed by atoms with Crippen molar-refractivity contribution in [2.75, 3.05) is 0 Å². The smallest absolute Gasteiger partial charge is 0.159 e. The standard InChI is InChI=1S/C13H12N2/c1-2-5-11-6-3-7-12(10-11)13-14-8-4-9-15-13/h2-10H,1H3/b5-2+. The Morgan fingerprint density at radius 1 is 1.07 bits per heavy atom. The third-order valence-electron chi connectivity index (χ3n) is 2.07.